The van der Waals surface area contributed by atoms with Crippen LogP contribution in [-0.2, 0) is 9.53 Å². The standard InChI is InChI=1S/C15H31N3O2/c1-4-18(12(2)15(19)17-9-10-20-3)14-8-6-5-7-13(14)11-16/h12-14H,4-11,16H2,1-3H3,(H,17,19). The number of likely N-dealkylation sites (N-methyl/N-ethyl adjacent to an activating group) is 1. The average Bonchev–Trinajstić information content (AvgIpc) is 2.48. The number of rotatable bonds is 8. The number of nitrogens with one attached hydrogen (secondary N) is 1. The van der Waals surface area contributed by atoms with Crippen LogP contribution in [0.5, 0.6) is 0 Å². The van der Waals surface area contributed by atoms with E-state index in [2.05, 4.69) is 17.1 Å². The minimum Gasteiger partial charge on any atom is -0.383 e. The van der Waals surface area contributed by atoms with Gasteiger partial charge in [0.25, 0.3) is 0 Å². The molecular formula is C15H31N3O2. The van der Waals surface area contributed by atoms with Crippen LogP contribution in [0.25, 0.3) is 0 Å². The Morgan fingerprint density at radius 1 is 1.45 bits per heavy atom. The highest BCUT2D eigenvalue weighted by Crippen LogP contribution is 2.29. The molecule has 20 heavy (non-hydrogen) atoms. The molecule has 0 aromatic heterocycles. The molecule has 0 spiro atoms. The highest BCUT2D eigenvalue weighted by Gasteiger charge is 2.33. The van der Waals surface area contributed by atoms with Gasteiger partial charge in [0.05, 0.1) is 12.6 Å². The molecule has 5 nitrogen and oxygen atoms in total. The van der Waals surface area contributed by atoms with Gasteiger partial charge in [-0.25, -0.2) is 0 Å². The summed E-state index contributed by atoms with van der Waals surface area (Å²) in [6.45, 7) is 6.86. The van der Waals surface area contributed by atoms with Gasteiger partial charge in [-0.1, -0.05) is 19.8 Å². The van der Waals surface area contributed by atoms with E-state index < -0.39 is 0 Å². The molecule has 0 aromatic rings. The number of nitrogens with two attached hydrogens (primary N) is 1. The minimum atomic E-state index is -0.103. The van der Waals surface area contributed by atoms with Crippen molar-refractivity contribution >= 4 is 5.91 Å². The zero-order chi connectivity index (χ0) is 15.0. The molecule has 0 aromatic carbocycles. The Bertz CT molecular complexity index is 286. The van der Waals surface area contributed by atoms with Crippen LogP contribution in [0.3, 0.4) is 0 Å². The topological polar surface area (TPSA) is 67.6 Å². The molecule has 1 amide bonds. The monoisotopic (exact) mass is 285 g/mol. The second kappa shape index (κ2) is 9.32. The van der Waals surface area contributed by atoms with Crippen LogP contribution >= 0.6 is 0 Å². The Labute approximate surface area is 123 Å². The van der Waals surface area contributed by atoms with Crippen LogP contribution in [0.2, 0.25) is 0 Å². The molecular weight excluding hydrogens is 254 g/mol. The minimum absolute atomic E-state index is 0.0882. The van der Waals surface area contributed by atoms with Gasteiger partial charge in [0.15, 0.2) is 0 Å². The van der Waals surface area contributed by atoms with Crippen LogP contribution in [0.4, 0.5) is 0 Å². The maximum absolute atomic E-state index is 12.2. The van der Waals surface area contributed by atoms with Crippen LogP contribution in [-0.4, -0.2) is 56.2 Å². The molecule has 0 heterocycles. The van der Waals surface area contributed by atoms with Gasteiger partial charge in [-0.15, -0.1) is 0 Å². The molecule has 0 saturated heterocycles. The van der Waals surface area contributed by atoms with E-state index in [9.17, 15) is 4.79 Å². The third-order valence-corrected chi connectivity index (χ3v) is 4.45. The lowest BCUT2D eigenvalue weighted by atomic mass is 9.83. The first-order valence-corrected chi connectivity index (χ1v) is 7.88. The summed E-state index contributed by atoms with van der Waals surface area (Å²) in [4.78, 5) is 14.5. The van der Waals surface area contributed by atoms with Crippen molar-refractivity contribution in [3.8, 4) is 0 Å². The molecule has 3 N–H and O–H groups in total. The van der Waals surface area contributed by atoms with Gasteiger partial charge >= 0.3 is 0 Å². The smallest absolute Gasteiger partial charge is 0.237 e. The fourth-order valence-electron chi connectivity index (χ4n) is 3.27. The molecule has 0 aliphatic heterocycles. The number of carbonyl (C=O) groups is 1. The third kappa shape index (κ3) is 4.72. The van der Waals surface area contributed by atoms with Crippen molar-refractivity contribution in [1.29, 1.82) is 0 Å². The molecule has 3 unspecified atom stereocenters. The summed E-state index contributed by atoms with van der Waals surface area (Å²) in [6.07, 6.45) is 4.86. The van der Waals surface area contributed by atoms with Crippen molar-refractivity contribution in [2.24, 2.45) is 11.7 Å². The molecule has 1 aliphatic carbocycles. The number of hydrogen-bond acceptors (Lipinski definition) is 4. The largest absolute Gasteiger partial charge is 0.383 e. The number of ether oxygens (including phenoxy) is 1. The van der Waals surface area contributed by atoms with E-state index in [0.717, 1.165) is 19.5 Å². The van der Waals surface area contributed by atoms with Gasteiger partial charge < -0.3 is 15.8 Å². The first-order valence-electron chi connectivity index (χ1n) is 7.88. The number of methoxy groups -OCH3 is 1. The third-order valence-electron chi connectivity index (χ3n) is 4.45. The van der Waals surface area contributed by atoms with E-state index in [0.29, 0.717) is 25.1 Å². The SMILES string of the molecule is CCN(C(C)C(=O)NCCOC)C1CCCCC1CN. The van der Waals surface area contributed by atoms with Crippen molar-refractivity contribution in [1.82, 2.24) is 10.2 Å². The molecule has 5 heteroatoms. The summed E-state index contributed by atoms with van der Waals surface area (Å²) >= 11 is 0. The van der Waals surface area contributed by atoms with Gasteiger partial charge in [-0.2, -0.15) is 0 Å². The highest BCUT2D eigenvalue weighted by molar-refractivity contribution is 5.81. The number of nitrogens with zero attached hydrogens (tertiary/aromatic N) is 1. The summed E-state index contributed by atoms with van der Waals surface area (Å²) in [5.74, 6) is 0.614. The van der Waals surface area contributed by atoms with Crippen molar-refractivity contribution in [3.63, 3.8) is 0 Å². The first-order chi connectivity index (χ1) is 9.65. The number of carbonyl (C=O) groups excluding carboxylic acids is 1. The molecule has 3 atom stereocenters. The summed E-state index contributed by atoms with van der Waals surface area (Å²) in [5, 5.41) is 2.93. The van der Waals surface area contributed by atoms with Crippen molar-refractivity contribution in [3.05, 3.63) is 0 Å². The second-order valence-corrected chi connectivity index (χ2v) is 5.64. The van der Waals surface area contributed by atoms with Crippen LogP contribution < -0.4 is 11.1 Å². The van der Waals surface area contributed by atoms with E-state index in [-0.39, 0.29) is 11.9 Å². The van der Waals surface area contributed by atoms with Gasteiger partial charge in [0.1, 0.15) is 0 Å². The van der Waals surface area contributed by atoms with E-state index in [1.54, 1.807) is 7.11 Å². The number of amides is 1. The molecule has 0 radical (unpaired) electrons. The van der Waals surface area contributed by atoms with Gasteiger partial charge in [0, 0.05) is 19.7 Å². The lowest BCUT2D eigenvalue weighted by Crippen LogP contribution is -2.54. The predicted molar refractivity (Wildman–Crippen MR) is 81.5 cm³/mol. The summed E-state index contributed by atoms with van der Waals surface area (Å²) in [5.41, 5.74) is 5.92. The Morgan fingerprint density at radius 2 is 2.15 bits per heavy atom. The summed E-state index contributed by atoms with van der Waals surface area (Å²) in [7, 11) is 1.64. The molecule has 1 fully saturated rings. The zero-order valence-electron chi connectivity index (χ0n) is 13.2. The molecule has 1 aliphatic rings. The summed E-state index contributed by atoms with van der Waals surface area (Å²) < 4.78 is 4.96. The highest BCUT2D eigenvalue weighted by atomic mass is 16.5. The van der Waals surface area contributed by atoms with Crippen LogP contribution in [0.1, 0.15) is 39.5 Å². The lowest BCUT2D eigenvalue weighted by Gasteiger charge is -2.41. The van der Waals surface area contributed by atoms with Gasteiger partial charge in [0.2, 0.25) is 5.91 Å². The van der Waals surface area contributed by atoms with Crippen molar-refractivity contribution < 1.29 is 9.53 Å². The Kier molecular flexibility index (Phi) is 8.11. The fourth-order valence-corrected chi connectivity index (χ4v) is 3.27. The van der Waals surface area contributed by atoms with Gasteiger partial charge in [-0.3, -0.25) is 9.69 Å². The maximum Gasteiger partial charge on any atom is 0.237 e. The second-order valence-electron chi connectivity index (χ2n) is 5.64. The van der Waals surface area contributed by atoms with Gasteiger partial charge in [-0.05, 0) is 38.8 Å². The first kappa shape index (κ1) is 17.4. The van der Waals surface area contributed by atoms with Crippen LogP contribution in [0, 0.1) is 5.92 Å². The lowest BCUT2D eigenvalue weighted by molar-refractivity contribution is -0.127. The predicted octanol–water partition coefficient (Wildman–Crippen LogP) is 0.977. The molecule has 1 saturated carbocycles. The van der Waals surface area contributed by atoms with Crippen LogP contribution in [0.15, 0.2) is 0 Å². The van der Waals surface area contributed by atoms with Crippen molar-refractivity contribution in [2.45, 2.75) is 51.6 Å². The van der Waals surface area contributed by atoms with E-state index >= 15 is 0 Å². The van der Waals surface area contributed by atoms with E-state index in [4.69, 9.17) is 10.5 Å². The summed E-state index contributed by atoms with van der Waals surface area (Å²) in [6, 6.07) is 0.343. The zero-order valence-corrected chi connectivity index (χ0v) is 13.2. The normalized spacial score (nSPS) is 24.6. The molecule has 0 bridgehead atoms. The van der Waals surface area contributed by atoms with E-state index in [1.165, 1.54) is 19.3 Å². The fraction of sp³-hybridized carbons (Fsp3) is 0.933. The quantitative estimate of drug-likeness (QED) is 0.652. The molecule has 1 rings (SSSR count). The van der Waals surface area contributed by atoms with Crippen molar-refractivity contribution in [2.75, 3.05) is 33.4 Å². The van der Waals surface area contributed by atoms with E-state index in [1.807, 2.05) is 6.92 Å². The number of hydrogen-bond donors (Lipinski definition) is 2. The molecule has 118 valence electrons. The maximum atomic E-state index is 12.2. The average molecular weight is 285 g/mol. The Hall–Kier alpha value is -0.650. The Balaban J connectivity index is 2.60. The Morgan fingerprint density at radius 3 is 2.75 bits per heavy atom.